The van der Waals surface area contributed by atoms with Gasteiger partial charge < -0.3 is 15.4 Å². The topological polar surface area (TPSA) is 68.5 Å². The summed E-state index contributed by atoms with van der Waals surface area (Å²) >= 11 is 0. The van der Waals surface area contributed by atoms with E-state index in [0.717, 1.165) is 6.54 Å². The molecule has 0 bridgehead atoms. The summed E-state index contributed by atoms with van der Waals surface area (Å²) in [5.41, 5.74) is 6.64. The number of nitrogen functional groups attached to an aromatic ring is 1. The summed E-state index contributed by atoms with van der Waals surface area (Å²) < 4.78 is 5.06. The number of hydrogen-bond donors (Lipinski definition) is 1. The Balaban J connectivity index is 2.19. The first-order valence-corrected chi connectivity index (χ1v) is 6.75. The van der Waals surface area contributed by atoms with Gasteiger partial charge in [-0.1, -0.05) is 6.42 Å². The lowest BCUT2D eigenvalue weighted by Gasteiger charge is -2.31. The number of esters is 1. The molecule has 5 heteroatoms. The van der Waals surface area contributed by atoms with Crippen LogP contribution >= 0.6 is 0 Å². The van der Waals surface area contributed by atoms with Crippen LogP contribution in [0.4, 0.5) is 11.5 Å². The van der Waals surface area contributed by atoms with E-state index in [1.165, 1.54) is 19.3 Å². The smallest absolute Gasteiger partial charge is 0.341 e. The van der Waals surface area contributed by atoms with Crippen LogP contribution in [-0.2, 0) is 4.74 Å². The van der Waals surface area contributed by atoms with E-state index < -0.39 is 0 Å². The molecule has 0 radical (unpaired) electrons. The van der Waals surface area contributed by atoms with Gasteiger partial charge in [0, 0.05) is 13.6 Å². The zero-order chi connectivity index (χ0) is 13.8. The number of ether oxygens (including phenoxy) is 1. The fourth-order valence-corrected chi connectivity index (χ4v) is 2.29. The van der Waals surface area contributed by atoms with E-state index in [-0.39, 0.29) is 5.97 Å². The van der Waals surface area contributed by atoms with Gasteiger partial charge in [-0.3, -0.25) is 0 Å². The van der Waals surface area contributed by atoms with Crippen molar-refractivity contribution in [1.29, 1.82) is 0 Å². The Bertz CT molecular complexity index is 458. The lowest BCUT2D eigenvalue weighted by molar-refractivity contribution is 0.0526. The first kappa shape index (κ1) is 13.6. The van der Waals surface area contributed by atoms with E-state index in [1.54, 1.807) is 19.2 Å². The fourth-order valence-electron chi connectivity index (χ4n) is 2.29. The Morgan fingerprint density at radius 1 is 1.58 bits per heavy atom. The van der Waals surface area contributed by atoms with Crippen molar-refractivity contribution >= 4 is 17.5 Å². The number of nitrogens with zero attached hydrogens (tertiary/aromatic N) is 2. The molecule has 104 valence electrons. The molecule has 0 aliphatic heterocycles. The highest BCUT2D eigenvalue weighted by Crippen LogP contribution is 2.29. The second-order valence-electron chi connectivity index (χ2n) is 5.04. The Kier molecular flexibility index (Phi) is 4.24. The van der Waals surface area contributed by atoms with Crippen LogP contribution in [0.3, 0.4) is 0 Å². The minimum atomic E-state index is -0.363. The molecule has 1 fully saturated rings. The molecule has 0 saturated heterocycles. The highest BCUT2D eigenvalue weighted by atomic mass is 16.5. The van der Waals surface area contributed by atoms with Crippen molar-refractivity contribution in [2.45, 2.75) is 26.2 Å². The second-order valence-corrected chi connectivity index (χ2v) is 5.04. The maximum Gasteiger partial charge on any atom is 0.341 e. The van der Waals surface area contributed by atoms with Crippen LogP contribution in [0.5, 0.6) is 0 Å². The number of carbonyl (C=O) groups is 1. The molecule has 1 saturated carbocycles. The minimum absolute atomic E-state index is 0.347. The van der Waals surface area contributed by atoms with E-state index in [0.29, 0.717) is 29.6 Å². The largest absolute Gasteiger partial charge is 0.462 e. The predicted octanol–water partition coefficient (Wildman–Crippen LogP) is 2.08. The molecule has 0 amide bonds. The van der Waals surface area contributed by atoms with Crippen molar-refractivity contribution < 1.29 is 9.53 Å². The molecule has 1 aliphatic carbocycles. The normalized spacial score (nSPS) is 14.8. The summed E-state index contributed by atoms with van der Waals surface area (Å²) in [6.07, 6.45) is 5.40. The van der Waals surface area contributed by atoms with Crippen LogP contribution < -0.4 is 10.6 Å². The third kappa shape index (κ3) is 3.16. The Hall–Kier alpha value is -1.78. The van der Waals surface area contributed by atoms with E-state index in [1.807, 2.05) is 11.9 Å². The standard InChI is InChI=1S/C14H21N3O2/c1-3-19-14(18)12-7-11(15)8-16-13(12)17(2)9-10-5-4-6-10/h7-8,10H,3-6,9,15H2,1-2H3. The number of aromatic nitrogens is 1. The first-order chi connectivity index (χ1) is 9.11. The average molecular weight is 263 g/mol. The molecule has 1 aromatic heterocycles. The van der Waals surface area contributed by atoms with Gasteiger partial charge in [-0.15, -0.1) is 0 Å². The van der Waals surface area contributed by atoms with Gasteiger partial charge in [0.2, 0.25) is 0 Å². The quantitative estimate of drug-likeness (QED) is 0.824. The van der Waals surface area contributed by atoms with Crippen molar-refractivity contribution in [3.05, 3.63) is 17.8 Å². The number of hydrogen-bond acceptors (Lipinski definition) is 5. The van der Waals surface area contributed by atoms with E-state index >= 15 is 0 Å². The minimum Gasteiger partial charge on any atom is -0.462 e. The summed E-state index contributed by atoms with van der Waals surface area (Å²) in [5, 5.41) is 0. The summed E-state index contributed by atoms with van der Waals surface area (Å²) in [6, 6.07) is 1.64. The lowest BCUT2D eigenvalue weighted by atomic mass is 9.85. The molecule has 1 heterocycles. The molecule has 2 rings (SSSR count). The Morgan fingerprint density at radius 3 is 2.89 bits per heavy atom. The van der Waals surface area contributed by atoms with Crippen LogP contribution in [0, 0.1) is 5.92 Å². The van der Waals surface area contributed by atoms with Gasteiger partial charge >= 0.3 is 5.97 Å². The van der Waals surface area contributed by atoms with Crippen LogP contribution in [-0.4, -0.2) is 31.2 Å². The highest BCUT2D eigenvalue weighted by molar-refractivity contribution is 5.95. The molecular formula is C14H21N3O2. The number of rotatable bonds is 5. The third-order valence-electron chi connectivity index (χ3n) is 3.50. The third-order valence-corrected chi connectivity index (χ3v) is 3.50. The summed E-state index contributed by atoms with van der Waals surface area (Å²) in [6.45, 7) is 3.05. The van der Waals surface area contributed by atoms with Crippen molar-refractivity contribution in [2.24, 2.45) is 5.92 Å². The molecular weight excluding hydrogens is 242 g/mol. The van der Waals surface area contributed by atoms with Gasteiger partial charge in [-0.25, -0.2) is 9.78 Å². The molecule has 0 unspecified atom stereocenters. The molecule has 2 N–H and O–H groups in total. The predicted molar refractivity (Wildman–Crippen MR) is 75.2 cm³/mol. The van der Waals surface area contributed by atoms with Crippen molar-refractivity contribution in [3.8, 4) is 0 Å². The maximum absolute atomic E-state index is 11.9. The second kappa shape index (κ2) is 5.91. The fraction of sp³-hybridized carbons (Fsp3) is 0.571. The summed E-state index contributed by atoms with van der Waals surface area (Å²) in [4.78, 5) is 18.3. The zero-order valence-corrected chi connectivity index (χ0v) is 11.6. The maximum atomic E-state index is 11.9. The van der Waals surface area contributed by atoms with E-state index in [9.17, 15) is 4.79 Å². The van der Waals surface area contributed by atoms with Gasteiger partial charge in [0.1, 0.15) is 11.4 Å². The van der Waals surface area contributed by atoms with E-state index in [2.05, 4.69) is 4.98 Å². The molecule has 1 aromatic rings. The van der Waals surface area contributed by atoms with Crippen LogP contribution in [0.25, 0.3) is 0 Å². The highest BCUT2D eigenvalue weighted by Gasteiger charge is 2.23. The zero-order valence-electron chi connectivity index (χ0n) is 11.6. The van der Waals surface area contributed by atoms with E-state index in [4.69, 9.17) is 10.5 Å². The number of pyridine rings is 1. The van der Waals surface area contributed by atoms with Crippen molar-refractivity contribution in [3.63, 3.8) is 0 Å². The molecule has 0 atom stereocenters. The summed E-state index contributed by atoms with van der Waals surface area (Å²) in [5.74, 6) is 0.997. The van der Waals surface area contributed by atoms with Crippen molar-refractivity contribution in [1.82, 2.24) is 4.98 Å². The van der Waals surface area contributed by atoms with Gasteiger partial charge in [0.15, 0.2) is 0 Å². The molecule has 1 aliphatic rings. The van der Waals surface area contributed by atoms with Gasteiger partial charge in [-0.2, -0.15) is 0 Å². The molecule has 0 aromatic carbocycles. The number of carbonyl (C=O) groups excluding carboxylic acids is 1. The SMILES string of the molecule is CCOC(=O)c1cc(N)cnc1N(C)CC1CCC1. The monoisotopic (exact) mass is 263 g/mol. The first-order valence-electron chi connectivity index (χ1n) is 6.75. The van der Waals surface area contributed by atoms with Crippen LogP contribution in [0.15, 0.2) is 12.3 Å². The molecule has 5 nitrogen and oxygen atoms in total. The van der Waals surface area contributed by atoms with Gasteiger partial charge in [0.05, 0.1) is 18.5 Å². The van der Waals surface area contributed by atoms with Crippen molar-refractivity contribution in [2.75, 3.05) is 30.8 Å². The van der Waals surface area contributed by atoms with Crippen LogP contribution in [0.2, 0.25) is 0 Å². The Labute approximate surface area is 113 Å². The summed E-state index contributed by atoms with van der Waals surface area (Å²) in [7, 11) is 1.96. The molecule has 0 spiro atoms. The van der Waals surface area contributed by atoms with Gasteiger partial charge in [0.25, 0.3) is 0 Å². The van der Waals surface area contributed by atoms with Crippen LogP contribution in [0.1, 0.15) is 36.5 Å². The lowest BCUT2D eigenvalue weighted by Crippen LogP contribution is -2.31. The number of nitrogens with two attached hydrogens (primary N) is 1. The molecule has 19 heavy (non-hydrogen) atoms. The Morgan fingerprint density at radius 2 is 2.32 bits per heavy atom. The van der Waals surface area contributed by atoms with Gasteiger partial charge in [-0.05, 0) is 31.7 Å². The number of anilines is 2. The average Bonchev–Trinajstić information content (AvgIpc) is 2.33.